The normalized spacial score (nSPS) is 13.0. The molecule has 4 aromatic rings. The summed E-state index contributed by atoms with van der Waals surface area (Å²) in [5, 5.41) is 8.91. The molecule has 0 atom stereocenters. The van der Waals surface area contributed by atoms with Gasteiger partial charge in [-0.25, -0.2) is 0 Å². The van der Waals surface area contributed by atoms with Crippen molar-refractivity contribution in [2.24, 2.45) is 0 Å². The Bertz CT molecular complexity index is 1220. The third kappa shape index (κ3) is 4.65. The van der Waals surface area contributed by atoms with E-state index >= 15 is 0 Å². The lowest BCUT2D eigenvalue weighted by Crippen LogP contribution is -2.32. The Morgan fingerprint density at radius 1 is 0.969 bits per heavy atom. The Hall–Kier alpha value is -3.64. The fourth-order valence-electron chi connectivity index (χ4n) is 3.41. The lowest BCUT2D eigenvalue weighted by molar-refractivity contribution is 0.0714. The van der Waals surface area contributed by atoms with E-state index in [0.717, 1.165) is 24.2 Å². The van der Waals surface area contributed by atoms with Crippen LogP contribution in [0.3, 0.4) is 0 Å². The monoisotopic (exact) mass is 445 g/mol. The van der Waals surface area contributed by atoms with Crippen molar-refractivity contribution < 1.29 is 13.9 Å². The third-order valence-corrected chi connectivity index (χ3v) is 5.42. The van der Waals surface area contributed by atoms with E-state index in [2.05, 4.69) is 10.2 Å². The summed E-state index contributed by atoms with van der Waals surface area (Å²) in [5.41, 5.74) is 1.34. The van der Waals surface area contributed by atoms with Crippen molar-refractivity contribution in [3.63, 3.8) is 0 Å². The van der Waals surface area contributed by atoms with E-state index in [4.69, 9.17) is 20.8 Å². The standard InChI is InChI=1S/C25H20ClN3O3/c26-19-11-9-17(10-12-19)24-28-27-23(32-24)16-29(20-13-14-20)25(30)18-5-4-8-22(15-18)31-21-6-2-1-3-7-21/h1-12,15,20H,13-14,16H2. The van der Waals surface area contributed by atoms with Gasteiger partial charge >= 0.3 is 0 Å². The topological polar surface area (TPSA) is 68.5 Å². The van der Waals surface area contributed by atoms with Crippen molar-refractivity contribution in [2.75, 3.05) is 0 Å². The smallest absolute Gasteiger partial charge is 0.254 e. The Balaban J connectivity index is 1.33. The van der Waals surface area contributed by atoms with Gasteiger partial charge in [0.2, 0.25) is 11.8 Å². The fourth-order valence-corrected chi connectivity index (χ4v) is 3.53. The maximum Gasteiger partial charge on any atom is 0.254 e. The number of hydrogen-bond donors (Lipinski definition) is 0. The number of aromatic nitrogens is 2. The van der Waals surface area contributed by atoms with E-state index < -0.39 is 0 Å². The van der Waals surface area contributed by atoms with Gasteiger partial charge in [0, 0.05) is 22.2 Å². The Morgan fingerprint density at radius 3 is 2.47 bits per heavy atom. The lowest BCUT2D eigenvalue weighted by atomic mass is 10.2. The van der Waals surface area contributed by atoms with Crippen LogP contribution in [-0.2, 0) is 6.54 Å². The maximum atomic E-state index is 13.3. The minimum absolute atomic E-state index is 0.0859. The summed E-state index contributed by atoms with van der Waals surface area (Å²) in [6.45, 7) is 0.258. The number of carbonyl (C=O) groups is 1. The number of ether oxygens (including phenoxy) is 1. The molecule has 7 heteroatoms. The van der Waals surface area contributed by atoms with Gasteiger partial charge in [-0.15, -0.1) is 10.2 Å². The molecular formula is C25H20ClN3O3. The van der Waals surface area contributed by atoms with Crippen molar-refractivity contribution in [2.45, 2.75) is 25.4 Å². The van der Waals surface area contributed by atoms with E-state index in [-0.39, 0.29) is 18.5 Å². The van der Waals surface area contributed by atoms with E-state index in [1.54, 1.807) is 29.2 Å². The van der Waals surface area contributed by atoms with Crippen LogP contribution < -0.4 is 4.74 Å². The highest BCUT2D eigenvalue weighted by Gasteiger charge is 2.34. The number of hydrogen-bond acceptors (Lipinski definition) is 5. The van der Waals surface area contributed by atoms with Crippen molar-refractivity contribution >= 4 is 17.5 Å². The van der Waals surface area contributed by atoms with Crippen LogP contribution >= 0.6 is 11.6 Å². The number of nitrogens with zero attached hydrogens (tertiary/aromatic N) is 3. The van der Waals surface area contributed by atoms with E-state index in [9.17, 15) is 4.79 Å². The molecular weight excluding hydrogens is 426 g/mol. The molecule has 5 rings (SSSR count). The summed E-state index contributed by atoms with van der Waals surface area (Å²) in [5.74, 6) is 2.04. The zero-order chi connectivity index (χ0) is 21.9. The Kier molecular flexibility index (Phi) is 5.60. The highest BCUT2D eigenvalue weighted by atomic mass is 35.5. The quantitative estimate of drug-likeness (QED) is 0.349. The maximum absolute atomic E-state index is 13.3. The van der Waals surface area contributed by atoms with Gasteiger partial charge in [-0.3, -0.25) is 4.79 Å². The van der Waals surface area contributed by atoms with Gasteiger partial charge in [0.1, 0.15) is 11.5 Å². The summed E-state index contributed by atoms with van der Waals surface area (Å²) in [6, 6.07) is 24.0. The van der Waals surface area contributed by atoms with Crippen molar-refractivity contribution in [3.05, 3.63) is 95.3 Å². The van der Waals surface area contributed by atoms with Gasteiger partial charge in [-0.1, -0.05) is 35.9 Å². The first-order valence-corrected chi connectivity index (χ1v) is 10.8. The van der Waals surface area contributed by atoms with E-state index in [0.29, 0.717) is 28.1 Å². The first-order chi connectivity index (χ1) is 15.7. The first kappa shape index (κ1) is 20.3. The zero-order valence-corrected chi connectivity index (χ0v) is 17.9. The predicted octanol–water partition coefficient (Wildman–Crippen LogP) is 5.99. The van der Waals surface area contributed by atoms with Crippen molar-refractivity contribution in [1.82, 2.24) is 15.1 Å². The second-order valence-electron chi connectivity index (χ2n) is 7.62. The average molecular weight is 446 g/mol. The fraction of sp³-hybridized carbons (Fsp3) is 0.160. The van der Waals surface area contributed by atoms with Crippen LogP contribution in [0.2, 0.25) is 5.02 Å². The summed E-state index contributed by atoms with van der Waals surface area (Å²) in [7, 11) is 0. The molecule has 3 aromatic carbocycles. The predicted molar refractivity (Wildman–Crippen MR) is 121 cm³/mol. The highest BCUT2D eigenvalue weighted by Crippen LogP contribution is 2.31. The van der Waals surface area contributed by atoms with E-state index in [1.807, 2.05) is 54.6 Å². The van der Waals surface area contributed by atoms with Crippen LogP contribution in [0.15, 0.2) is 83.3 Å². The van der Waals surface area contributed by atoms with Gasteiger partial charge in [-0.05, 0) is 67.4 Å². The highest BCUT2D eigenvalue weighted by molar-refractivity contribution is 6.30. The largest absolute Gasteiger partial charge is 0.457 e. The number of amides is 1. The van der Waals surface area contributed by atoms with Gasteiger partial charge in [0.15, 0.2) is 0 Å². The summed E-state index contributed by atoms with van der Waals surface area (Å²) in [4.78, 5) is 15.1. The Morgan fingerprint density at radius 2 is 1.72 bits per heavy atom. The van der Waals surface area contributed by atoms with Crippen LogP contribution in [0.5, 0.6) is 11.5 Å². The molecule has 1 aromatic heterocycles. The minimum atomic E-state index is -0.0859. The molecule has 1 aliphatic carbocycles. The molecule has 1 amide bonds. The molecule has 0 aliphatic heterocycles. The van der Waals surface area contributed by atoms with Gasteiger partial charge in [0.05, 0.1) is 6.54 Å². The summed E-state index contributed by atoms with van der Waals surface area (Å²) >= 11 is 5.94. The molecule has 0 radical (unpaired) electrons. The second kappa shape index (κ2) is 8.85. The molecule has 32 heavy (non-hydrogen) atoms. The van der Waals surface area contributed by atoms with Crippen LogP contribution in [-0.4, -0.2) is 27.0 Å². The van der Waals surface area contributed by atoms with Crippen molar-refractivity contribution in [3.8, 4) is 23.0 Å². The number of benzene rings is 3. The molecule has 1 aliphatic rings. The molecule has 0 spiro atoms. The summed E-state index contributed by atoms with van der Waals surface area (Å²) in [6.07, 6.45) is 1.92. The Labute approximate surface area is 190 Å². The van der Waals surface area contributed by atoms with E-state index in [1.165, 1.54) is 0 Å². The van der Waals surface area contributed by atoms with Crippen molar-refractivity contribution in [1.29, 1.82) is 0 Å². The second-order valence-corrected chi connectivity index (χ2v) is 8.05. The van der Waals surface area contributed by atoms with Gasteiger partial charge < -0.3 is 14.1 Å². The molecule has 160 valence electrons. The van der Waals surface area contributed by atoms with Crippen LogP contribution in [0.4, 0.5) is 0 Å². The third-order valence-electron chi connectivity index (χ3n) is 5.17. The zero-order valence-electron chi connectivity index (χ0n) is 17.1. The van der Waals surface area contributed by atoms with Gasteiger partial charge in [-0.2, -0.15) is 0 Å². The first-order valence-electron chi connectivity index (χ1n) is 10.4. The average Bonchev–Trinajstić information content (AvgIpc) is 3.56. The molecule has 0 saturated heterocycles. The molecule has 0 bridgehead atoms. The molecule has 0 N–H and O–H groups in total. The number of para-hydroxylation sites is 1. The number of carbonyl (C=O) groups excluding carboxylic acids is 1. The molecule has 1 fully saturated rings. The minimum Gasteiger partial charge on any atom is -0.457 e. The molecule has 1 heterocycles. The number of halogens is 1. The molecule has 1 saturated carbocycles. The summed E-state index contributed by atoms with van der Waals surface area (Å²) < 4.78 is 11.7. The number of rotatable bonds is 7. The lowest BCUT2D eigenvalue weighted by Gasteiger charge is -2.21. The van der Waals surface area contributed by atoms with Gasteiger partial charge in [0.25, 0.3) is 5.91 Å². The SMILES string of the molecule is O=C(c1cccc(Oc2ccccc2)c1)N(Cc1nnc(-c2ccc(Cl)cc2)o1)C1CC1. The van der Waals surface area contributed by atoms with Crippen LogP contribution in [0.1, 0.15) is 29.1 Å². The van der Waals surface area contributed by atoms with Crippen LogP contribution in [0.25, 0.3) is 11.5 Å². The van der Waals surface area contributed by atoms with Crippen LogP contribution in [0, 0.1) is 0 Å². The molecule has 0 unspecified atom stereocenters. The molecule has 6 nitrogen and oxygen atoms in total.